The first-order valence-electron chi connectivity index (χ1n) is 5.07. The Kier molecular flexibility index (Phi) is 2.31. The highest BCUT2D eigenvalue weighted by atomic mass is 35.5. The summed E-state index contributed by atoms with van der Waals surface area (Å²) in [5.74, 6) is 0. The second kappa shape index (κ2) is 3.69. The van der Waals surface area contributed by atoms with Crippen LogP contribution in [0.15, 0.2) is 42.5 Å². The SMILES string of the molecule is Clc1cccc(Cl)c1N1Cc2ccccc21. The summed E-state index contributed by atoms with van der Waals surface area (Å²) in [6, 6.07) is 13.9. The molecule has 0 saturated carbocycles. The van der Waals surface area contributed by atoms with Gasteiger partial charge in [-0.2, -0.15) is 0 Å². The molecule has 16 heavy (non-hydrogen) atoms. The lowest BCUT2D eigenvalue weighted by Crippen LogP contribution is -2.27. The zero-order valence-electron chi connectivity index (χ0n) is 8.45. The zero-order valence-corrected chi connectivity index (χ0v) is 9.96. The fourth-order valence-electron chi connectivity index (χ4n) is 2.02. The summed E-state index contributed by atoms with van der Waals surface area (Å²) in [5, 5.41) is 1.39. The molecule has 3 heteroatoms. The highest BCUT2D eigenvalue weighted by Crippen LogP contribution is 2.45. The average molecular weight is 250 g/mol. The average Bonchev–Trinajstić information content (AvgIpc) is 2.24. The molecular formula is C13H9Cl2N. The molecule has 3 rings (SSSR count). The molecular weight excluding hydrogens is 241 g/mol. The lowest BCUT2D eigenvalue weighted by molar-refractivity contribution is 0.885. The van der Waals surface area contributed by atoms with Crippen LogP contribution in [0.25, 0.3) is 0 Å². The third kappa shape index (κ3) is 1.40. The molecule has 0 spiro atoms. The number of hydrogen-bond acceptors (Lipinski definition) is 1. The molecule has 0 amide bonds. The van der Waals surface area contributed by atoms with Gasteiger partial charge >= 0.3 is 0 Å². The van der Waals surface area contributed by atoms with E-state index in [1.165, 1.54) is 11.3 Å². The summed E-state index contributed by atoms with van der Waals surface area (Å²) >= 11 is 12.4. The van der Waals surface area contributed by atoms with Crippen LogP contribution in [0.3, 0.4) is 0 Å². The van der Waals surface area contributed by atoms with Crippen molar-refractivity contribution < 1.29 is 0 Å². The maximum Gasteiger partial charge on any atom is 0.0792 e. The summed E-state index contributed by atoms with van der Waals surface area (Å²) in [6.07, 6.45) is 0. The van der Waals surface area contributed by atoms with Gasteiger partial charge in [-0.3, -0.25) is 0 Å². The van der Waals surface area contributed by atoms with Crippen LogP contribution < -0.4 is 4.90 Å². The van der Waals surface area contributed by atoms with Gasteiger partial charge < -0.3 is 4.90 Å². The Morgan fingerprint density at radius 1 is 0.875 bits per heavy atom. The van der Waals surface area contributed by atoms with Crippen LogP contribution in [0.1, 0.15) is 5.56 Å². The lowest BCUT2D eigenvalue weighted by Gasteiger charge is -2.37. The smallest absolute Gasteiger partial charge is 0.0792 e. The molecule has 1 aliphatic rings. The maximum atomic E-state index is 6.18. The quantitative estimate of drug-likeness (QED) is 0.712. The number of halogens is 2. The standard InChI is InChI=1S/C13H9Cl2N/c14-10-5-3-6-11(15)13(10)16-8-9-4-1-2-7-12(9)16/h1-7H,8H2. The van der Waals surface area contributed by atoms with Gasteiger partial charge in [-0.05, 0) is 23.8 Å². The number of rotatable bonds is 1. The van der Waals surface area contributed by atoms with Crippen molar-refractivity contribution in [1.29, 1.82) is 0 Å². The van der Waals surface area contributed by atoms with E-state index in [0.717, 1.165) is 12.2 Å². The van der Waals surface area contributed by atoms with Gasteiger partial charge in [0.25, 0.3) is 0 Å². The molecule has 2 aromatic carbocycles. The van der Waals surface area contributed by atoms with Crippen molar-refractivity contribution in [3.05, 3.63) is 58.1 Å². The largest absolute Gasteiger partial charge is 0.334 e. The van der Waals surface area contributed by atoms with E-state index in [0.29, 0.717) is 10.0 Å². The van der Waals surface area contributed by atoms with Crippen molar-refractivity contribution in [3.63, 3.8) is 0 Å². The third-order valence-electron chi connectivity index (χ3n) is 2.82. The van der Waals surface area contributed by atoms with E-state index in [9.17, 15) is 0 Å². The van der Waals surface area contributed by atoms with Crippen LogP contribution in [0.2, 0.25) is 10.0 Å². The van der Waals surface area contributed by atoms with Crippen LogP contribution in [0.4, 0.5) is 11.4 Å². The Balaban J connectivity index is 2.09. The van der Waals surface area contributed by atoms with Gasteiger partial charge in [0.05, 0.1) is 22.3 Å². The summed E-state index contributed by atoms with van der Waals surface area (Å²) in [7, 11) is 0. The number of hydrogen-bond donors (Lipinski definition) is 0. The second-order valence-corrected chi connectivity index (χ2v) is 4.60. The van der Waals surface area contributed by atoms with Gasteiger partial charge in [-0.15, -0.1) is 0 Å². The molecule has 0 fully saturated rings. The van der Waals surface area contributed by atoms with Gasteiger partial charge in [-0.25, -0.2) is 0 Å². The molecule has 0 aliphatic carbocycles. The zero-order chi connectivity index (χ0) is 11.1. The molecule has 2 aromatic rings. The molecule has 1 heterocycles. The van der Waals surface area contributed by atoms with Gasteiger partial charge in [0.1, 0.15) is 0 Å². The van der Waals surface area contributed by atoms with Gasteiger partial charge in [-0.1, -0.05) is 47.5 Å². The van der Waals surface area contributed by atoms with Crippen LogP contribution in [-0.4, -0.2) is 0 Å². The van der Waals surface area contributed by atoms with Crippen molar-refractivity contribution in [2.75, 3.05) is 4.90 Å². The van der Waals surface area contributed by atoms with Crippen molar-refractivity contribution in [1.82, 2.24) is 0 Å². The van der Waals surface area contributed by atoms with E-state index < -0.39 is 0 Å². The molecule has 0 N–H and O–H groups in total. The minimum Gasteiger partial charge on any atom is -0.334 e. The Bertz CT molecular complexity index is 531. The molecule has 0 aromatic heterocycles. The molecule has 80 valence electrons. The van der Waals surface area contributed by atoms with Crippen molar-refractivity contribution in [2.45, 2.75) is 6.54 Å². The van der Waals surface area contributed by atoms with E-state index in [4.69, 9.17) is 23.2 Å². The highest BCUT2D eigenvalue weighted by Gasteiger charge is 2.26. The minimum atomic E-state index is 0.696. The summed E-state index contributed by atoms with van der Waals surface area (Å²) in [4.78, 5) is 2.14. The number of fused-ring (bicyclic) bond motifs is 1. The lowest BCUT2D eigenvalue weighted by atomic mass is 10.0. The fourth-order valence-corrected chi connectivity index (χ4v) is 2.62. The van der Waals surface area contributed by atoms with E-state index in [1.807, 2.05) is 30.3 Å². The predicted octanol–water partition coefficient (Wildman–Crippen LogP) is 4.65. The van der Waals surface area contributed by atoms with Gasteiger partial charge in [0.15, 0.2) is 0 Å². The Hall–Kier alpha value is -1.18. The first-order chi connectivity index (χ1) is 7.77. The topological polar surface area (TPSA) is 3.24 Å². The summed E-state index contributed by atoms with van der Waals surface area (Å²) in [5.41, 5.74) is 3.43. The summed E-state index contributed by atoms with van der Waals surface area (Å²) < 4.78 is 0. The van der Waals surface area contributed by atoms with Crippen molar-refractivity contribution >= 4 is 34.6 Å². The number of para-hydroxylation sites is 2. The van der Waals surface area contributed by atoms with Crippen LogP contribution in [0, 0.1) is 0 Å². The maximum absolute atomic E-state index is 6.18. The molecule has 1 aliphatic heterocycles. The molecule has 1 nitrogen and oxygen atoms in total. The number of benzene rings is 2. The Labute approximate surface area is 104 Å². The fraction of sp³-hybridized carbons (Fsp3) is 0.0769. The van der Waals surface area contributed by atoms with E-state index >= 15 is 0 Å². The van der Waals surface area contributed by atoms with Crippen molar-refractivity contribution in [2.24, 2.45) is 0 Å². The van der Waals surface area contributed by atoms with E-state index in [2.05, 4.69) is 17.0 Å². The van der Waals surface area contributed by atoms with Crippen LogP contribution in [0.5, 0.6) is 0 Å². The van der Waals surface area contributed by atoms with Gasteiger partial charge in [0.2, 0.25) is 0 Å². The van der Waals surface area contributed by atoms with E-state index in [1.54, 1.807) is 0 Å². The highest BCUT2D eigenvalue weighted by molar-refractivity contribution is 6.39. The third-order valence-corrected chi connectivity index (χ3v) is 3.43. The molecule has 0 radical (unpaired) electrons. The first kappa shape index (κ1) is 10.0. The monoisotopic (exact) mass is 249 g/mol. The molecule has 0 atom stereocenters. The summed E-state index contributed by atoms with van der Waals surface area (Å²) in [6.45, 7) is 0.875. The molecule has 0 unspecified atom stereocenters. The van der Waals surface area contributed by atoms with Gasteiger partial charge in [0, 0.05) is 5.69 Å². The molecule has 0 saturated heterocycles. The van der Waals surface area contributed by atoms with Crippen LogP contribution in [-0.2, 0) is 6.54 Å². The second-order valence-electron chi connectivity index (χ2n) is 3.79. The Morgan fingerprint density at radius 3 is 2.25 bits per heavy atom. The molecule has 0 bridgehead atoms. The van der Waals surface area contributed by atoms with Crippen LogP contribution >= 0.6 is 23.2 Å². The van der Waals surface area contributed by atoms with Crippen molar-refractivity contribution in [3.8, 4) is 0 Å². The first-order valence-corrected chi connectivity index (χ1v) is 5.82. The Morgan fingerprint density at radius 2 is 1.56 bits per heavy atom. The minimum absolute atomic E-state index is 0.696. The normalized spacial score (nSPS) is 13.2. The van der Waals surface area contributed by atoms with E-state index in [-0.39, 0.29) is 0 Å². The predicted molar refractivity (Wildman–Crippen MR) is 68.7 cm³/mol. The number of anilines is 2. The number of nitrogens with zero attached hydrogens (tertiary/aromatic N) is 1.